The molecule has 0 aliphatic rings. The summed E-state index contributed by atoms with van der Waals surface area (Å²) in [6.45, 7) is 3.69. The van der Waals surface area contributed by atoms with Gasteiger partial charge in [0.2, 0.25) is 5.95 Å². The second-order valence-electron chi connectivity index (χ2n) is 5.21. The van der Waals surface area contributed by atoms with Crippen molar-refractivity contribution in [3.05, 3.63) is 34.5 Å². The molecule has 0 unspecified atom stereocenters. The van der Waals surface area contributed by atoms with E-state index in [-0.39, 0.29) is 21.9 Å². The molecule has 0 amide bonds. The fourth-order valence-corrected chi connectivity index (χ4v) is 2.65. The van der Waals surface area contributed by atoms with E-state index in [1.807, 2.05) is 13.8 Å². The SMILES string of the molecule is CC(C)(c1nccc(Cl)c1O)n1cnc2c(Cl)nc(N)nc21. The Hall–Kier alpha value is -2.12. The van der Waals surface area contributed by atoms with Crippen LogP contribution in [-0.2, 0) is 5.54 Å². The lowest BCUT2D eigenvalue weighted by molar-refractivity contribution is 0.389. The van der Waals surface area contributed by atoms with Crippen LogP contribution in [0.25, 0.3) is 11.2 Å². The molecule has 0 saturated heterocycles. The molecule has 7 nitrogen and oxygen atoms in total. The van der Waals surface area contributed by atoms with Crippen molar-refractivity contribution in [1.82, 2.24) is 24.5 Å². The third-order valence-electron chi connectivity index (χ3n) is 3.43. The van der Waals surface area contributed by atoms with Crippen LogP contribution in [0.15, 0.2) is 18.6 Å². The summed E-state index contributed by atoms with van der Waals surface area (Å²) in [5.74, 6) is -0.0533. The average Bonchev–Trinajstić information content (AvgIpc) is 2.86. The molecule has 0 saturated carbocycles. The minimum Gasteiger partial charge on any atom is -0.504 e. The average molecular weight is 339 g/mol. The maximum absolute atomic E-state index is 10.2. The van der Waals surface area contributed by atoms with Crippen molar-refractivity contribution in [3.63, 3.8) is 0 Å². The fourth-order valence-electron chi connectivity index (χ4n) is 2.28. The minimum atomic E-state index is -0.784. The second kappa shape index (κ2) is 4.96. The van der Waals surface area contributed by atoms with E-state index in [9.17, 15) is 5.11 Å². The summed E-state index contributed by atoms with van der Waals surface area (Å²) in [6, 6.07) is 1.51. The lowest BCUT2D eigenvalue weighted by Crippen LogP contribution is -2.28. The van der Waals surface area contributed by atoms with Crippen LogP contribution in [0, 0.1) is 0 Å². The molecule has 0 radical (unpaired) electrons. The van der Waals surface area contributed by atoms with E-state index < -0.39 is 5.54 Å². The first-order valence-corrected chi connectivity index (χ1v) is 7.08. The van der Waals surface area contributed by atoms with Gasteiger partial charge in [-0.15, -0.1) is 0 Å². The van der Waals surface area contributed by atoms with Crippen molar-refractivity contribution in [2.75, 3.05) is 5.73 Å². The smallest absolute Gasteiger partial charge is 0.223 e. The number of hydrogen-bond donors (Lipinski definition) is 2. The van der Waals surface area contributed by atoms with E-state index in [0.29, 0.717) is 16.9 Å². The molecule has 3 heterocycles. The second-order valence-corrected chi connectivity index (χ2v) is 5.97. The summed E-state index contributed by atoms with van der Waals surface area (Å²) in [7, 11) is 0. The number of nitrogens with two attached hydrogens (primary N) is 1. The summed E-state index contributed by atoms with van der Waals surface area (Å²) in [6.07, 6.45) is 3.07. The molecule has 3 N–H and O–H groups in total. The Morgan fingerprint density at radius 1 is 1.23 bits per heavy atom. The molecule has 0 fully saturated rings. The predicted molar refractivity (Wildman–Crippen MR) is 84.1 cm³/mol. The zero-order valence-electron chi connectivity index (χ0n) is 11.7. The number of imidazole rings is 1. The van der Waals surface area contributed by atoms with Crippen LogP contribution in [0.2, 0.25) is 10.2 Å². The number of aromatic nitrogens is 5. The third kappa shape index (κ3) is 2.13. The highest BCUT2D eigenvalue weighted by atomic mass is 35.5. The number of nitrogen functional groups attached to an aromatic ring is 1. The molecule has 114 valence electrons. The van der Waals surface area contributed by atoms with E-state index in [0.717, 1.165) is 0 Å². The Morgan fingerprint density at radius 2 is 1.95 bits per heavy atom. The number of hydrogen-bond acceptors (Lipinski definition) is 6. The number of fused-ring (bicyclic) bond motifs is 1. The van der Waals surface area contributed by atoms with Gasteiger partial charge in [-0.2, -0.15) is 9.97 Å². The summed E-state index contributed by atoms with van der Waals surface area (Å²) >= 11 is 12.0. The van der Waals surface area contributed by atoms with Gasteiger partial charge in [0.05, 0.1) is 16.9 Å². The highest BCUT2D eigenvalue weighted by Gasteiger charge is 2.31. The summed E-state index contributed by atoms with van der Waals surface area (Å²) in [5.41, 5.74) is 6.12. The Bertz CT molecular complexity index is 876. The number of anilines is 1. The van der Waals surface area contributed by atoms with Gasteiger partial charge in [-0.1, -0.05) is 23.2 Å². The predicted octanol–water partition coefficient (Wildman–Crippen LogP) is 2.60. The third-order valence-corrected chi connectivity index (χ3v) is 4.00. The van der Waals surface area contributed by atoms with Crippen LogP contribution in [-0.4, -0.2) is 29.6 Å². The van der Waals surface area contributed by atoms with Crippen molar-refractivity contribution in [3.8, 4) is 5.75 Å². The zero-order chi connectivity index (χ0) is 16.1. The quantitative estimate of drug-likeness (QED) is 0.696. The molecule has 9 heteroatoms. The lowest BCUT2D eigenvalue weighted by Gasteiger charge is -2.27. The van der Waals surface area contributed by atoms with E-state index >= 15 is 0 Å². The highest BCUT2D eigenvalue weighted by Crippen LogP contribution is 2.36. The molecule has 3 aromatic rings. The van der Waals surface area contributed by atoms with Crippen LogP contribution < -0.4 is 5.73 Å². The first-order valence-electron chi connectivity index (χ1n) is 6.33. The van der Waals surface area contributed by atoms with E-state index in [2.05, 4.69) is 19.9 Å². The van der Waals surface area contributed by atoms with Gasteiger partial charge in [0.1, 0.15) is 11.2 Å². The van der Waals surface area contributed by atoms with Crippen molar-refractivity contribution in [2.45, 2.75) is 19.4 Å². The highest BCUT2D eigenvalue weighted by molar-refractivity contribution is 6.33. The van der Waals surface area contributed by atoms with Gasteiger partial charge in [-0.3, -0.25) is 4.98 Å². The van der Waals surface area contributed by atoms with Crippen LogP contribution in [0.1, 0.15) is 19.5 Å². The molecule has 0 aliphatic carbocycles. The van der Waals surface area contributed by atoms with Gasteiger partial charge in [0.25, 0.3) is 0 Å². The molecule has 0 spiro atoms. The molecule has 0 atom stereocenters. The normalized spacial score (nSPS) is 12.0. The van der Waals surface area contributed by atoms with Crippen molar-refractivity contribution in [1.29, 1.82) is 0 Å². The molecular weight excluding hydrogens is 327 g/mol. The fraction of sp³-hybridized carbons (Fsp3) is 0.231. The van der Waals surface area contributed by atoms with Crippen LogP contribution in [0.4, 0.5) is 5.95 Å². The van der Waals surface area contributed by atoms with Crippen molar-refractivity contribution in [2.24, 2.45) is 0 Å². The Kier molecular flexibility index (Phi) is 3.34. The van der Waals surface area contributed by atoms with Gasteiger partial charge < -0.3 is 15.4 Å². The Labute approximate surface area is 135 Å². The van der Waals surface area contributed by atoms with Gasteiger partial charge in [-0.25, -0.2) is 4.98 Å². The first kappa shape index (κ1) is 14.8. The molecule has 0 aliphatic heterocycles. The summed E-state index contributed by atoms with van der Waals surface area (Å²) in [4.78, 5) is 16.5. The van der Waals surface area contributed by atoms with Crippen molar-refractivity contribution >= 4 is 40.3 Å². The largest absolute Gasteiger partial charge is 0.504 e. The van der Waals surface area contributed by atoms with E-state index in [1.54, 1.807) is 10.9 Å². The van der Waals surface area contributed by atoms with Crippen LogP contribution in [0.5, 0.6) is 5.75 Å². The van der Waals surface area contributed by atoms with Gasteiger partial charge >= 0.3 is 0 Å². The lowest BCUT2D eigenvalue weighted by atomic mass is 9.98. The molecule has 0 bridgehead atoms. The van der Waals surface area contributed by atoms with Gasteiger partial charge in [-0.05, 0) is 19.9 Å². The maximum Gasteiger partial charge on any atom is 0.223 e. The van der Waals surface area contributed by atoms with Gasteiger partial charge in [0.15, 0.2) is 16.5 Å². The molecule has 3 rings (SSSR count). The molecular formula is C13H12Cl2N6O. The number of nitrogens with zero attached hydrogens (tertiary/aromatic N) is 5. The number of pyridine rings is 1. The molecule has 3 aromatic heterocycles. The Morgan fingerprint density at radius 3 is 2.68 bits per heavy atom. The minimum absolute atomic E-state index is 0.0401. The standard InChI is InChI=1S/C13H12Cl2N6O/c1-13(2,9-8(22)6(14)3-4-17-9)21-5-18-7-10(15)19-12(16)20-11(7)21/h3-5,22H,1-2H3,(H2,16,19,20). The van der Waals surface area contributed by atoms with Gasteiger partial charge in [0, 0.05) is 6.20 Å². The Balaban J connectivity index is 2.27. The summed E-state index contributed by atoms with van der Waals surface area (Å²) < 4.78 is 1.71. The molecule has 22 heavy (non-hydrogen) atoms. The monoisotopic (exact) mass is 338 g/mol. The summed E-state index contributed by atoms with van der Waals surface area (Å²) in [5, 5.41) is 10.6. The number of rotatable bonds is 2. The van der Waals surface area contributed by atoms with Crippen LogP contribution in [0.3, 0.4) is 0 Å². The number of halogens is 2. The van der Waals surface area contributed by atoms with Crippen molar-refractivity contribution < 1.29 is 5.11 Å². The maximum atomic E-state index is 10.2. The zero-order valence-corrected chi connectivity index (χ0v) is 13.3. The van der Waals surface area contributed by atoms with Crippen LogP contribution >= 0.6 is 23.2 Å². The number of aromatic hydroxyl groups is 1. The van der Waals surface area contributed by atoms with E-state index in [4.69, 9.17) is 28.9 Å². The topological polar surface area (TPSA) is 103 Å². The van der Waals surface area contributed by atoms with E-state index in [1.165, 1.54) is 12.3 Å². The first-order chi connectivity index (χ1) is 10.3. The molecule has 0 aromatic carbocycles.